The van der Waals surface area contributed by atoms with Crippen molar-refractivity contribution in [1.82, 2.24) is 5.32 Å². The van der Waals surface area contributed by atoms with Crippen LogP contribution in [0.3, 0.4) is 0 Å². The van der Waals surface area contributed by atoms with Crippen LogP contribution in [-0.4, -0.2) is 72.5 Å². The van der Waals surface area contributed by atoms with Crippen LogP contribution in [0.15, 0.2) is 12.2 Å². The lowest BCUT2D eigenvalue weighted by atomic mass is 10.5. The van der Waals surface area contributed by atoms with Crippen molar-refractivity contribution in [2.24, 2.45) is 0 Å². The molecule has 1 amide bonds. The number of rotatable bonds is 14. The summed E-state index contributed by atoms with van der Waals surface area (Å²) in [6, 6.07) is 0. The lowest BCUT2D eigenvalue weighted by Crippen LogP contribution is -2.28. The third-order valence-electron chi connectivity index (χ3n) is 2.06. The Morgan fingerprint density at radius 1 is 1.00 bits per heavy atom. The Labute approximate surface area is 124 Å². The fraction of sp³-hybridized carbons (Fsp3) is 0.692. The number of amides is 1. The zero-order chi connectivity index (χ0) is 15.6. The number of methoxy groups -OCH3 is 1. The van der Waals surface area contributed by atoms with Crippen LogP contribution in [0.2, 0.25) is 0 Å². The number of ether oxygens (including phenoxy) is 5. The molecule has 0 fully saturated rings. The highest BCUT2D eigenvalue weighted by atomic mass is 16.6. The highest BCUT2D eigenvalue weighted by Crippen LogP contribution is 1.82. The smallest absolute Gasteiger partial charge is 0.407 e. The molecule has 0 aliphatic rings. The van der Waals surface area contributed by atoms with Crippen molar-refractivity contribution < 1.29 is 33.3 Å². The largest absolute Gasteiger partial charge is 0.464 e. The van der Waals surface area contributed by atoms with Crippen LogP contribution in [-0.2, 0) is 28.5 Å². The summed E-state index contributed by atoms with van der Waals surface area (Å²) in [6.45, 7) is 3.40. The van der Waals surface area contributed by atoms with Crippen molar-refractivity contribution in [3.05, 3.63) is 12.2 Å². The molecule has 0 aromatic carbocycles. The average molecular weight is 305 g/mol. The van der Waals surface area contributed by atoms with Gasteiger partial charge in [-0.15, -0.1) is 0 Å². The van der Waals surface area contributed by atoms with Gasteiger partial charge in [-0.2, -0.15) is 0 Å². The predicted octanol–water partition coefficient (Wildman–Crippen LogP) is 0.121. The highest BCUT2D eigenvalue weighted by Gasteiger charge is 1.98. The van der Waals surface area contributed by atoms with E-state index in [1.54, 1.807) is 19.3 Å². The van der Waals surface area contributed by atoms with Crippen molar-refractivity contribution in [2.45, 2.75) is 0 Å². The van der Waals surface area contributed by atoms with Crippen LogP contribution in [0.25, 0.3) is 0 Å². The van der Waals surface area contributed by atoms with E-state index in [4.69, 9.17) is 18.9 Å². The van der Waals surface area contributed by atoms with Crippen molar-refractivity contribution >= 4 is 12.6 Å². The molecule has 1 N–H and O–H groups in total. The van der Waals surface area contributed by atoms with E-state index in [-0.39, 0.29) is 13.2 Å². The lowest BCUT2D eigenvalue weighted by Gasteiger charge is -2.07. The molecule has 0 bridgehead atoms. The molecular weight excluding hydrogens is 282 g/mol. The Balaban J connectivity index is 3.22. The molecule has 0 saturated heterocycles. The van der Waals surface area contributed by atoms with Gasteiger partial charge in [-0.3, -0.25) is 4.79 Å². The van der Waals surface area contributed by atoms with Gasteiger partial charge in [-0.1, -0.05) is 0 Å². The van der Waals surface area contributed by atoms with Crippen LogP contribution >= 0.6 is 0 Å². The second kappa shape index (κ2) is 16.4. The molecule has 0 aromatic rings. The van der Waals surface area contributed by atoms with E-state index in [1.807, 2.05) is 0 Å². The van der Waals surface area contributed by atoms with E-state index in [9.17, 15) is 9.59 Å². The summed E-state index contributed by atoms with van der Waals surface area (Å²) in [5, 5.41) is 2.53. The van der Waals surface area contributed by atoms with Gasteiger partial charge >= 0.3 is 6.09 Å². The van der Waals surface area contributed by atoms with Crippen LogP contribution in [0.4, 0.5) is 4.79 Å². The fourth-order valence-corrected chi connectivity index (χ4v) is 1.10. The summed E-state index contributed by atoms with van der Waals surface area (Å²) in [6.07, 6.45) is 2.63. The maximum atomic E-state index is 11.2. The summed E-state index contributed by atoms with van der Waals surface area (Å²) in [4.78, 5) is 21.0. The molecule has 21 heavy (non-hydrogen) atoms. The molecule has 8 heteroatoms. The van der Waals surface area contributed by atoms with Crippen LogP contribution in [0.1, 0.15) is 0 Å². The summed E-state index contributed by atoms with van der Waals surface area (Å²) in [5.74, 6) is 0. The SMILES string of the molecule is COCCOCCOCCNC(=O)OC/C=C/COC=O. The Morgan fingerprint density at radius 3 is 2.38 bits per heavy atom. The van der Waals surface area contributed by atoms with Crippen LogP contribution in [0, 0.1) is 0 Å². The van der Waals surface area contributed by atoms with E-state index in [2.05, 4.69) is 10.1 Å². The predicted molar refractivity (Wildman–Crippen MR) is 74.0 cm³/mol. The van der Waals surface area contributed by atoms with Crippen molar-refractivity contribution in [3.63, 3.8) is 0 Å². The zero-order valence-electron chi connectivity index (χ0n) is 12.2. The number of carbonyl (C=O) groups is 2. The molecule has 0 atom stereocenters. The van der Waals surface area contributed by atoms with Gasteiger partial charge in [0.2, 0.25) is 0 Å². The molecular formula is C13H23NO7. The second-order valence-electron chi connectivity index (χ2n) is 3.64. The average Bonchev–Trinajstić information content (AvgIpc) is 2.49. The van der Waals surface area contributed by atoms with Gasteiger partial charge in [0.15, 0.2) is 0 Å². The first-order chi connectivity index (χ1) is 10.3. The third kappa shape index (κ3) is 16.3. The molecule has 0 unspecified atom stereocenters. The van der Waals surface area contributed by atoms with E-state index in [0.29, 0.717) is 46.1 Å². The molecule has 0 rings (SSSR count). The van der Waals surface area contributed by atoms with Gasteiger partial charge in [0.1, 0.15) is 13.2 Å². The molecule has 0 heterocycles. The molecule has 0 aliphatic carbocycles. The minimum atomic E-state index is -0.532. The molecule has 0 aliphatic heterocycles. The van der Waals surface area contributed by atoms with Gasteiger partial charge in [-0.05, 0) is 12.2 Å². The number of nitrogens with one attached hydrogen (secondary N) is 1. The van der Waals surface area contributed by atoms with Crippen molar-refractivity contribution in [3.8, 4) is 0 Å². The molecule has 0 spiro atoms. The summed E-state index contributed by atoms with van der Waals surface area (Å²) < 4.78 is 24.5. The number of hydrogen-bond acceptors (Lipinski definition) is 7. The number of alkyl carbamates (subject to hydrolysis) is 1. The lowest BCUT2D eigenvalue weighted by molar-refractivity contribution is -0.127. The standard InChI is InChI=1S/C13H23NO7/c1-17-8-9-19-11-10-18-7-4-14-13(16)21-6-3-2-5-20-12-15/h2-3,12H,4-11H2,1H3,(H,14,16)/b3-2+. The van der Waals surface area contributed by atoms with Crippen molar-refractivity contribution in [2.75, 3.05) is 59.9 Å². The van der Waals surface area contributed by atoms with Gasteiger partial charge < -0.3 is 29.0 Å². The first-order valence-corrected chi connectivity index (χ1v) is 6.56. The second-order valence-corrected chi connectivity index (χ2v) is 3.64. The van der Waals surface area contributed by atoms with Gasteiger partial charge in [0.25, 0.3) is 6.47 Å². The molecule has 122 valence electrons. The van der Waals surface area contributed by atoms with E-state index >= 15 is 0 Å². The quantitative estimate of drug-likeness (QED) is 0.277. The number of hydrogen-bond donors (Lipinski definition) is 1. The zero-order valence-corrected chi connectivity index (χ0v) is 12.2. The minimum absolute atomic E-state index is 0.113. The molecule has 0 saturated carbocycles. The van der Waals surface area contributed by atoms with Crippen molar-refractivity contribution in [1.29, 1.82) is 0 Å². The maximum absolute atomic E-state index is 11.2. The van der Waals surface area contributed by atoms with Crippen LogP contribution in [0.5, 0.6) is 0 Å². The molecule has 0 aromatic heterocycles. The topological polar surface area (TPSA) is 92.3 Å². The van der Waals surface area contributed by atoms with Gasteiger partial charge in [-0.25, -0.2) is 4.79 Å². The Hall–Kier alpha value is -1.64. The number of carbonyl (C=O) groups excluding carboxylic acids is 2. The summed E-state index contributed by atoms with van der Waals surface area (Å²) >= 11 is 0. The fourth-order valence-electron chi connectivity index (χ4n) is 1.10. The van der Waals surface area contributed by atoms with E-state index in [0.717, 1.165) is 0 Å². The Kier molecular flexibility index (Phi) is 15.1. The Morgan fingerprint density at radius 2 is 1.67 bits per heavy atom. The maximum Gasteiger partial charge on any atom is 0.407 e. The normalized spacial score (nSPS) is 10.5. The first kappa shape index (κ1) is 19.4. The summed E-state index contributed by atoms with van der Waals surface area (Å²) in [5.41, 5.74) is 0. The monoisotopic (exact) mass is 305 g/mol. The Bertz CT molecular complexity index is 284. The summed E-state index contributed by atoms with van der Waals surface area (Å²) in [7, 11) is 1.61. The third-order valence-corrected chi connectivity index (χ3v) is 2.06. The van der Waals surface area contributed by atoms with Gasteiger partial charge in [0, 0.05) is 13.7 Å². The first-order valence-electron chi connectivity index (χ1n) is 6.56. The molecule has 8 nitrogen and oxygen atoms in total. The van der Waals surface area contributed by atoms with Crippen LogP contribution < -0.4 is 5.32 Å². The minimum Gasteiger partial charge on any atom is -0.464 e. The molecule has 0 radical (unpaired) electrons. The van der Waals surface area contributed by atoms with Gasteiger partial charge in [0.05, 0.1) is 33.0 Å². The van der Waals surface area contributed by atoms with E-state index < -0.39 is 6.09 Å². The van der Waals surface area contributed by atoms with E-state index in [1.165, 1.54) is 0 Å². The highest BCUT2D eigenvalue weighted by molar-refractivity contribution is 5.67.